The summed E-state index contributed by atoms with van der Waals surface area (Å²) in [5.74, 6) is 1.44. The third kappa shape index (κ3) is 3.79. The fraction of sp³-hybridized carbons (Fsp3) is 0.500. The van der Waals surface area contributed by atoms with Gasteiger partial charge >= 0.3 is 0 Å². The average Bonchev–Trinajstić information content (AvgIpc) is 3.43. The van der Waals surface area contributed by atoms with E-state index in [-0.39, 0.29) is 11.8 Å². The molecule has 1 aliphatic heterocycles. The molecule has 0 spiro atoms. The molecule has 0 bridgehead atoms. The van der Waals surface area contributed by atoms with Crippen LogP contribution < -0.4 is 0 Å². The van der Waals surface area contributed by atoms with Crippen molar-refractivity contribution in [1.82, 2.24) is 39.6 Å². The van der Waals surface area contributed by atoms with Crippen molar-refractivity contribution in [3.8, 4) is 0 Å². The number of piperidine rings is 1. The number of imidazole rings is 1. The predicted molar refractivity (Wildman–Crippen MR) is 94.4 cm³/mol. The SMILES string of the molecule is O=C(CCn1cnnn1)N1CCCC(c2nccn2Cc2cscn2)C1. The Labute approximate surface area is 154 Å². The maximum absolute atomic E-state index is 12.6. The third-order valence-electron chi connectivity index (χ3n) is 4.65. The van der Waals surface area contributed by atoms with E-state index in [9.17, 15) is 4.79 Å². The molecule has 3 aromatic heterocycles. The number of hydrogen-bond donors (Lipinski definition) is 0. The van der Waals surface area contributed by atoms with Crippen molar-refractivity contribution in [1.29, 1.82) is 0 Å². The minimum Gasteiger partial charge on any atom is -0.342 e. The highest BCUT2D eigenvalue weighted by Crippen LogP contribution is 2.26. The van der Waals surface area contributed by atoms with Crippen molar-refractivity contribution in [3.05, 3.63) is 41.1 Å². The van der Waals surface area contributed by atoms with Crippen LogP contribution in [0.5, 0.6) is 0 Å². The van der Waals surface area contributed by atoms with E-state index < -0.39 is 0 Å². The Morgan fingerprint density at radius 2 is 2.31 bits per heavy atom. The minimum atomic E-state index is 0.141. The van der Waals surface area contributed by atoms with Crippen molar-refractivity contribution in [3.63, 3.8) is 0 Å². The Morgan fingerprint density at radius 3 is 3.12 bits per heavy atom. The molecule has 4 heterocycles. The first-order chi connectivity index (χ1) is 12.8. The van der Waals surface area contributed by atoms with Crippen LogP contribution in [0, 0.1) is 0 Å². The lowest BCUT2D eigenvalue weighted by atomic mass is 9.96. The number of carbonyl (C=O) groups is 1. The first-order valence-electron chi connectivity index (χ1n) is 8.66. The van der Waals surface area contributed by atoms with Crippen molar-refractivity contribution in [2.45, 2.75) is 38.3 Å². The van der Waals surface area contributed by atoms with Gasteiger partial charge in [-0.3, -0.25) is 4.79 Å². The van der Waals surface area contributed by atoms with E-state index in [1.54, 1.807) is 16.0 Å². The molecular formula is C16H20N8OS. The molecule has 1 fully saturated rings. The summed E-state index contributed by atoms with van der Waals surface area (Å²) in [4.78, 5) is 23.4. The van der Waals surface area contributed by atoms with Crippen molar-refractivity contribution >= 4 is 17.2 Å². The summed E-state index contributed by atoms with van der Waals surface area (Å²) in [5, 5.41) is 13.0. The zero-order valence-electron chi connectivity index (χ0n) is 14.3. The highest BCUT2D eigenvalue weighted by Gasteiger charge is 2.27. The van der Waals surface area contributed by atoms with Crippen LogP contribution in [0.25, 0.3) is 0 Å². The molecule has 9 nitrogen and oxygen atoms in total. The van der Waals surface area contributed by atoms with Gasteiger partial charge in [-0.1, -0.05) is 0 Å². The molecule has 0 aromatic carbocycles. The van der Waals surface area contributed by atoms with Crippen molar-refractivity contribution < 1.29 is 4.79 Å². The van der Waals surface area contributed by atoms with Gasteiger partial charge in [-0.15, -0.1) is 16.4 Å². The number of hydrogen-bond acceptors (Lipinski definition) is 7. The molecule has 10 heteroatoms. The van der Waals surface area contributed by atoms with E-state index in [2.05, 4.69) is 35.4 Å². The number of aromatic nitrogens is 7. The quantitative estimate of drug-likeness (QED) is 0.645. The summed E-state index contributed by atoms with van der Waals surface area (Å²) >= 11 is 1.60. The molecule has 0 radical (unpaired) electrons. The highest BCUT2D eigenvalue weighted by molar-refractivity contribution is 7.07. The Bertz CT molecular complexity index is 828. The molecule has 0 aliphatic carbocycles. The lowest BCUT2D eigenvalue weighted by Gasteiger charge is -2.32. The number of rotatable bonds is 6. The van der Waals surface area contributed by atoms with Crippen LogP contribution in [0.15, 0.2) is 29.6 Å². The lowest BCUT2D eigenvalue weighted by Crippen LogP contribution is -2.40. The average molecular weight is 372 g/mol. The molecule has 0 saturated carbocycles. The maximum atomic E-state index is 12.6. The predicted octanol–water partition coefficient (Wildman–Crippen LogP) is 1.17. The Morgan fingerprint density at radius 1 is 1.35 bits per heavy atom. The largest absolute Gasteiger partial charge is 0.342 e. The van der Waals surface area contributed by atoms with Gasteiger partial charge in [0, 0.05) is 43.2 Å². The molecular weight excluding hydrogens is 352 g/mol. The van der Waals surface area contributed by atoms with E-state index in [1.807, 2.05) is 22.8 Å². The minimum absolute atomic E-state index is 0.141. The van der Waals surface area contributed by atoms with Gasteiger partial charge in [-0.25, -0.2) is 14.6 Å². The van der Waals surface area contributed by atoms with Gasteiger partial charge in [-0.2, -0.15) is 0 Å². The second-order valence-corrected chi connectivity index (χ2v) is 7.11. The topological polar surface area (TPSA) is 94.6 Å². The van der Waals surface area contributed by atoms with Gasteiger partial charge in [0.05, 0.1) is 24.3 Å². The molecule has 1 saturated heterocycles. The molecule has 1 aliphatic rings. The number of nitrogens with zero attached hydrogens (tertiary/aromatic N) is 8. The van der Waals surface area contributed by atoms with E-state index in [0.717, 1.165) is 37.4 Å². The van der Waals surface area contributed by atoms with Crippen LogP contribution in [0.1, 0.15) is 36.7 Å². The fourth-order valence-electron chi connectivity index (χ4n) is 3.37. The van der Waals surface area contributed by atoms with Gasteiger partial charge in [-0.05, 0) is 23.3 Å². The molecule has 3 aromatic rings. The second-order valence-electron chi connectivity index (χ2n) is 6.39. The molecule has 0 N–H and O–H groups in total. The van der Waals surface area contributed by atoms with Gasteiger partial charge < -0.3 is 9.47 Å². The van der Waals surface area contributed by atoms with Crippen LogP contribution in [0.2, 0.25) is 0 Å². The Balaban J connectivity index is 1.39. The van der Waals surface area contributed by atoms with Crippen LogP contribution in [-0.4, -0.2) is 58.6 Å². The maximum Gasteiger partial charge on any atom is 0.224 e. The lowest BCUT2D eigenvalue weighted by molar-refractivity contribution is -0.132. The van der Waals surface area contributed by atoms with Gasteiger partial charge in [0.15, 0.2) is 0 Å². The summed E-state index contributed by atoms with van der Waals surface area (Å²) in [6, 6.07) is 0. The summed E-state index contributed by atoms with van der Waals surface area (Å²) in [6.07, 6.45) is 7.80. The van der Waals surface area contributed by atoms with Gasteiger partial charge in [0.25, 0.3) is 0 Å². The molecule has 4 rings (SSSR count). The summed E-state index contributed by atoms with van der Waals surface area (Å²) in [7, 11) is 0. The van der Waals surface area contributed by atoms with E-state index in [4.69, 9.17) is 0 Å². The second kappa shape index (κ2) is 7.73. The number of tetrazole rings is 1. The zero-order valence-corrected chi connectivity index (χ0v) is 15.1. The standard InChI is InChI=1S/C16H20N8OS/c25-15(3-6-24-11-19-20-21-24)22-5-1-2-13(8-22)16-17-4-7-23(16)9-14-10-26-12-18-14/h4,7,10-13H,1-3,5-6,8-9H2. The van der Waals surface area contributed by atoms with Gasteiger partial charge in [0.1, 0.15) is 12.2 Å². The smallest absolute Gasteiger partial charge is 0.224 e. The molecule has 136 valence electrons. The van der Waals surface area contributed by atoms with Crippen LogP contribution in [0.3, 0.4) is 0 Å². The van der Waals surface area contributed by atoms with Crippen molar-refractivity contribution in [2.24, 2.45) is 0 Å². The monoisotopic (exact) mass is 372 g/mol. The first kappa shape index (κ1) is 16.8. The van der Waals surface area contributed by atoms with Crippen LogP contribution in [-0.2, 0) is 17.9 Å². The summed E-state index contributed by atoms with van der Waals surface area (Å²) in [5.41, 5.74) is 2.89. The normalized spacial score (nSPS) is 17.5. The first-order valence-corrected chi connectivity index (χ1v) is 9.60. The van der Waals surface area contributed by atoms with Crippen LogP contribution in [0.4, 0.5) is 0 Å². The Kier molecular flexibility index (Phi) is 5.00. The van der Waals surface area contributed by atoms with E-state index >= 15 is 0 Å². The molecule has 1 atom stereocenters. The highest BCUT2D eigenvalue weighted by atomic mass is 32.1. The third-order valence-corrected chi connectivity index (χ3v) is 5.28. The number of carbonyl (C=O) groups excluding carboxylic acids is 1. The zero-order chi connectivity index (χ0) is 17.8. The van der Waals surface area contributed by atoms with Gasteiger partial charge in [0.2, 0.25) is 5.91 Å². The van der Waals surface area contributed by atoms with E-state index in [0.29, 0.717) is 19.5 Å². The molecule has 1 amide bonds. The number of aryl methyl sites for hydroxylation is 1. The molecule has 1 unspecified atom stereocenters. The van der Waals surface area contributed by atoms with E-state index in [1.165, 1.54) is 6.33 Å². The summed E-state index contributed by atoms with van der Waals surface area (Å²) in [6.45, 7) is 2.74. The fourth-order valence-corrected chi connectivity index (χ4v) is 3.92. The Hall–Kier alpha value is -2.62. The number of amides is 1. The van der Waals surface area contributed by atoms with Crippen molar-refractivity contribution in [2.75, 3.05) is 13.1 Å². The summed E-state index contributed by atoms with van der Waals surface area (Å²) < 4.78 is 3.73. The number of likely N-dealkylation sites (tertiary alicyclic amines) is 1. The molecule has 26 heavy (non-hydrogen) atoms. The van der Waals surface area contributed by atoms with Crippen LogP contribution >= 0.6 is 11.3 Å². The number of thiazole rings is 1.